The van der Waals surface area contributed by atoms with Crippen LogP contribution in [0.25, 0.3) is 0 Å². The molecule has 0 atom stereocenters. The third-order valence-corrected chi connectivity index (χ3v) is 4.31. The molecule has 9 heteroatoms. The van der Waals surface area contributed by atoms with Crippen molar-refractivity contribution >= 4 is 23.0 Å². The van der Waals surface area contributed by atoms with E-state index < -0.39 is 9.85 Å². The molecule has 3 rings (SSSR count). The first-order chi connectivity index (χ1) is 12.5. The first-order valence-electron chi connectivity index (χ1n) is 7.99. The van der Waals surface area contributed by atoms with Crippen LogP contribution in [0.1, 0.15) is 10.4 Å². The van der Waals surface area contributed by atoms with E-state index in [-0.39, 0.29) is 17.3 Å². The Morgan fingerprint density at radius 3 is 2.04 bits per heavy atom. The van der Waals surface area contributed by atoms with Gasteiger partial charge in [0, 0.05) is 49.9 Å². The van der Waals surface area contributed by atoms with Gasteiger partial charge in [-0.1, -0.05) is 12.1 Å². The molecule has 1 saturated heterocycles. The van der Waals surface area contributed by atoms with Gasteiger partial charge in [-0.25, -0.2) is 0 Å². The Hall–Kier alpha value is -3.49. The molecule has 1 heterocycles. The minimum Gasteiger partial charge on any atom is -0.362 e. The van der Waals surface area contributed by atoms with E-state index in [2.05, 4.69) is 0 Å². The van der Waals surface area contributed by atoms with Crippen molar-refractivity contribution in [3.8, 4) is 0 Å². The number of nitro groups is 2. The smallest absolute Gasteiger partial charge is 0.292 e. The lowest BCUT2D eigenvalue weighted by molar-refractivity contribution is -0.384. The largest absolute Gasteiger partial charge is 0.362 e. The third kappa shape index (κ3) is 3.46. The molecule has 2 aromatic carbocycles. The van der Waals surface area contributed by atoms with E-state index in [9.17, 15) is 25.0 Å². The number of benzene rings is 2. The molecule has 1 aliphatic heterocycles. The maximum Gasteiger partial charge on any atom is 0.292 e. The van der Waals surface area contributed by atoms with Gasteiger partial charge in [-0.2, -0.15) is 0 Å². The normalized spacial score (nSPS) is 14.2. The molecule has 0 bridgehead atoms. The number of anilines is 1. The summed E-state index contributed by atoms with van der Waals surface area (Å²) in [4.78, 5) is 37.0. The first kappa shape index (κ1) is 17.3. The van der Waals surface area contributed by atoms with E-state index in [4.69, 9.17) is 0 Å². The SMILES string of the molecule is O=C(c1ccc([N+](=O)[O-])cc1)N1CCN(c2ccccc2[N+](=O)[O-])CC1. The van der Waals surface area contributed by atoms with Gasteiger partial charge in [-0.15, -0.1) is 0 Å². The maximum absolute atomic E-state index is 12.5. The van der Waals surface area contributed by atoms with Gasteiger partial charge in [-0.3, -0.25) is 25.0 Å². The average Bonchev–Trinajstić information content (AvgIpc) is 2.67. The summed E-state index contributed by atoms with van der Waals surface area (Å²) in [6.45, 7) is 1.79. The van der Waals surface area contributed by atoms with Crippen molar-refractivity contribution in [2.45, 2.75) is 0 Å². The van der Waals surface area contributed by atoms with Crippen LogP contribution in [0.2, 0.25) is 0 Å². The van der Waals surface area contributed by atoms with Crippen molar-refractivity contribution in [3.63, 3.8) is 0 Å². The summed E-state index contributed by atoms with van der Waals surface area (Å²) in [5.74, 6) is -0.206. The van der Waals surface area contributed by atoms with Gasteiger partial charge in [0.05, 0.1) is 9.85 Å². The molecule has 1 aliphatic rings. The zero-order valence-corrected chi connectivity index (χ0v) is 13.8. The number of para-hydroxylation sites is 2. The topological polar surface area (TPSA) is 110 Å². The van der Waals surface area contributed by atoms with Crippen LogP contribution in [0.5, 0.6) is 0 Å². The highest BCUT2D eigenvalue weighted by Gasteiger charge is 2.26. The van der Waals surface area contributed by atoms with Crippen LogP contribution in [0.3, 0.4) is 0 Å². The van der Waals surface area contributed by atoms with Gasteiger partial charge in [0.15, 0.2) is 0 Å². The minimum atomic E-state index is -0.514. The van der Waals surface area contributed by atoms with Crippen LogP contribution in [0, 0.1) is 20.2 Å². The molecular weight excluding hydrogens is 340 g/mol. The predicted molar refractivity (Wildman–Crippen MR) is 94.3 cm³/mol. The lowest BCUT2D eigenvalue weighted by Gasteiger charge is -2.35. The molecule has 134 valence electrons. The fourth-order valence-corrected chi connectivity index (χ4v) is 2.94. The Labute approximate surface area is 148 Å². The molecule has 26 heavy (non-hydrogen) atoms. The summed E-state index contributed by atoms with van der Waals surface area (Å²) in [5.41, 5.74) is 0.903. The van der Waals surface area contributed by atoms with Crippen LogP contribution in [0.4, 0.5) is 17.1 Å². The quantitative estimate of drug-likeness (QED) is 0.615. The summed E-state index contributed by atoms with van der Waals surface area (Å²) in [6, 6.07) is 12.0. The average molecular weight is 356 g/mol. The van der Waals surface area contributed by atoms with E-state index in [0.29, 0.717) is 37.4 Å². The van der Waals surface area contributed by atoms with Gasteiger partial charge in [0.1, 0.15) is 5.69 Å². The maximum atomic E-state index is 12.5. The summed E-state index contributed by atoms with van der Waals surface area (Å²) < 4.78 is 0. The van der Waals surface area contributed by atoms with Crippen molar-refractivity contribution < 1.29 is 14.6 Å². The van der Waals surface area contributed by atoms with Crippen molar-refractivity contribution in [2.24, 2.45) is 0 Å². The molecule has 0 unspecified atom stereocenters. The number of hydrogen-bond acceptors (Lipinski definition) is 6. The second-order valence-corrected chi connectivity index (χ2v) is 5.83. The zero-order valence-electron chi connectivity index (χ0n) is 13.8. The molecule has 0 aromatic heterocycles. The van der Waals surface area contributed by atoms with Crippen LogP contribution < -0.4 is 4.90 Å². The molecule has 9 nitrogen and oxygen atoms in total. The van der Waals surface area contributed by atoms with Gasteiger partial charge in [0.25, 0.3) is 17.3 Å². The van der Waals surface area contributed by atoms with Crippen molar-refractivity contribution in [3.05, 3.63) is 74.3 Å². The molecule has 0 N–H and O–H groups in total. The van der Waals surface area contributed by atoms with E-state index in [1.165, 1.54) is 30.3 Å². The number of carbonyl (C=O) groups excluding carboxylic acids is 1. The fourth-order valence-electron chi connectivity index (χ4n) is 2.94. The third-order valence-electron chi connectivity index (χ3n) is 4.31. The highest BCUT2D eigenvalue weighted by molar-refractivity contribution is 5.94. The molecule has 1 fully saturated rings. The minimum absolute atomic E-state index is 0.0441. The molecule has 0 radical (unpaired) electrons. The Morgan fingerprint density at radius 1 is 0.846 bits per heavy atom. The summed E-state index contributed by atoms with van der Waals surface area (Å²) in [6.07, 6.45) is 0. The highest BCUT2D eigenvalue weighted by Crippen LogP contribution is 2.28. The van der Waals surface area contributed by atoms with Gasteiger partial charge >= 0.3 is 0 Å². The van der Waals surface area contributed by atoms with Gasteiger partial charge in [-0.05, 0) is 18.2 Å². The molecule has 1 amide bonds. The number of carbonyl (C=O) groups is 1. The lowest BCUT2D eigenvalue weighted by atomic mass is 10.1. The van der Waals surface area contributed by atoms with Crippen LogP contribution in [0.15, 0.2) is 48.5 Å². The number of non-ortho nitro benzene ring substituents is 1. The molecule has 0 spiro atoms. The predicted octanol–water partition coefficient (Wildman–Crippen LogP) is 2.47. The molecule has 0 aliphatic carbocycles. The van der Waals surface area contributed by atoms with Gasteiger partial charge < -0.3 is 9.80 Å². The van der Waals surface area contributed by atoms with Gasteiger partial charge in [0.2, 0.25) is 0 Å². The van der Waals surface area contributed by atoms with E-state index in [1.807, 2.05) is 4.90 Å². The second-order valence-electron chi connectivity index (χ2n) is 5.83. The van der Waals surface area contributed by atoms with E-state index >= 15 is 0 Å². The number of nitrogens with zero attached hydrogens (tertiary/aromatic N) is 4. The van der Waals surface area contributed by atoms with Crippen LogP contribution >= 0.6 is 0 Å². The standard InChI is InChI=1S/C17H16N4O5/c22-17(13-5-7-14(8-6-13)20(23)24)19-11-9-18(10-12-19)15-3-1-2-4-16(15)21(25)26/h1-8H,9-12H2. The fraction of sp³-hybridized carbons (Fsp3) is 0.235. The number of hydrogen-bond donors (Lipinski definition) is 0. The van der Waals surface area contributed by atoms with Crippen LogP contribution in [-0.2, 0) is 0 Å². The number of nitro benzene ring substituents is 2. The Kier molecular flexibility index (Phi) is 4.78. The first-order valence-corrected chi connectivity index (χ1v) is 7.99. The summed E-state index contributed by atoms with van der Waals surface area (Å²) >= 11 is 0. The van der Waals surface area contributed by atoms with E-state index in [0.717, 1.165) is 0 Å². The molecule has 2 aromatic rings. The van der Waals surface area contributed by atoms with Crippen molar-refractivity contribution in [2.75, 3.05) is 31.1 Å². The lowest BCUT2D eigenvalue weighted by Crippen LogP contribution is -2.48. The number of amides is 1. The monoisotopic (exact) mass is 356 g/mol. The Bertz CT molecular complexity index is 844. The zero-order chi connectivity index (χ0) is 18.7. The van der Waals surface area contributed by atoms with Crippen molar-refractivity contribution in [1.29, 1.82) is 0 Å². The number of rotatable bonds is 4. The summed E-state index contributed by atoms with van der Waals surface area (Å²) in [5, 5.41) is 21.9. The molecule has 0 saturated carbocycles. The molecular formula is C17H16N4O5. The highest BCUT2D eigenvalue weighted by atomic mass is 16.6. The van der Waals surface area contributed by atoms with Crippen LogP contribution in [-0.4, -0.2) is 46.8 Å². The summed E-state index contributed by atoms with van der Waals surface area (Å²) in [7, 11) is 0. The van der Waals surface area contributed by atoms with E-state index in [1.54, 1.807) is 23.1 Å². The van der Waals surface area contributed by atoms with Crippen molar-refractivity contribution in [1.82, 2.24) is 4.90 Å². The Morgan fingerprint density at radius 2 is 1.46 bits per heavy atom. The second kappa shape index (κ2) is 7.18. The number of piperazine rings is 1. The Balaban J connectivity index is 1.68.